The van der Waals surface area contributed by atoms with Gasteiger partial charge in [0.05, 0.1) is 6.54 Å². The van der Waals surface area contributed by atoms with Crippen LogP contribution in [0.25, 0.3) is 0 Å². The van der Waals surface area contributed by atoms with Crippen LogP contribution >= 0.6 is 0 Å². The molecule has 1 aromatic rings. The molecule has 0 amide bonds. The Morgan fingerprint density at radius 2 is 1.89 bits per heavy atom. The van der Waals surface area contributed by atoms with E-state index in [9.17, 15) is 4.79 Å². The van der Waals surface area contributed by atoms with Crippen LogP contribution < -0.4 is 10.6 Å². The number of nitrogens with one attached hydrogen (secondary N) is 2. The van der Waals surface area contributed by atoms with E-state index in [2.05, 4.69) is 27.5 Å². The maximum Gasteiger partial charge on any atom is 0.148 e. The molecule has 0 aliphatic carbocycles. The van der Waals surface area contributed by atoms with Gasteiger partial charge in [0.1, 0.15) is 23.2 Å². The van der Waals surface area contributed by atoms with Crippen molar-refractivity contribution in [3.8, 4) is 0 Å². The molecule has 0 aromatic carbocycles. The van der Waals surface area contributed by atoms with Crippen molar-refractivity contribution in [1.82, 2.24) is 9.97 Å². The number of hydrogen-bond acceptors (Lipinski definition) is 5. The summed E-state index contributed by atoms with van der Waals surface area (Å²) in [5.74, 6) is 2.28. The first-order valence-corrected chi connectivity index (χ1v) is 6.44. The summed E-state index contributed by atoms with van der Waals surface area (Å²) in [5.41, 5.74) is 0. The van der Waals surface area contributed by atoms with Crippen LogP contribution in [0, 0.1) is 6.92 Å². The fourth-order valence-electron chi connectivity index (χ4n) is 1.56. The van der Waals surface area contributed by atoms with Gasteiger partial charge in [0.25, 0.3) is 0 Å². The van der Waals surface area contributed by atoms with Crippen molar-refractivity contribution in [3.05, 3.63) is 11.9 Å². The van der Waals surface area contributed by atoms with Gasteiger partial charge < -0.3 is 10.6 Å². The van der Waals surface area contributed by atoms with Gasteiger partial charge in [-0.1, -0.05) is 19.8 Å². The molecule has 2 N–H and O–H groups in total. The Morgan fingerprint density at radius 1 is 1.22 bits per heavy atom. The molecular weight excluding hydrogens is 228 g/mol. The van der Waals surface area contributed by atoms with Gasteiger partial charge in [-0.2, -0.15) is 0 Å². The normalized spacial score (nSPS) is 10.2. The molecule has 0 radical (unpaired) electrons. The Kier molecular flexibility index (Phi) is 6.11. The topological polar surface area (TPSA) is 66.9 Å². The largest absolute Gasteiger partial charge is 0.370 e. The second kappa shape index (κ2) is 7.63. The molecule has 0 aliphatic rings. The number of unbranched alkanes of at least 4 members (excludes halogenated alkanes) is 2. The molecule has 100 valence electrons. The van der Waals surface area contributed by atoms with Crippen molar-refractivity contribution in [2.75, 3.05) is 23.7 Å². The van der Waals surface area contributed by atoms with Crippen molar-refractivity contribution in [2.45, 2.75) is 40.0 Å². The third kappa shape index (κ3) is 5.61. The van der Waals surface area contributed by atoms with Gasteiger partial charge in [-0.3, -0.25) is 4.79 Å². The zero-order valence-corrected chi connectivity index (χ0v) is 11.4. The van der Waals surface area contributed by atoms with Gasteiger partial charge in [-0.25, -0.2) is 9.97 Å². The van der Waals surface area contributed by atoms with Gasteiger partial charge in [0, 0.05) is 12.6 Å². The lowest BCUT2D eigenvalue weighted by Crippen LogP contribution is -2.12. The quantitative estimate of drug-likeness (QED) is 0.693. The molecule has 0 aliphatic heterocycles. The summed E-state index contributed by atoms with van der Waals surface area (Å²) >= 11 is 0. The summed E-state index contributed by atoms with van der Waals surface area (Å²) in [7, 11) is 0. The van der Waals surface area contributed by atoms with Crippen LogP contribution in [-0.4, -0.2) is 28.8 Å². The predicted molar refractivity (Wildman–Crippen MR) is 74.0 cm³/mol. The average Bonchev–Trinajstić information content (AvgIpc) is 2.32. The van der Waals surface area contributed by atoms with Crippen LogP contribution in [0.15, 0.2) is 6.07 Å². The van der Waals surface area contributed by atoms with Gasteiger partial charge >= 0.3 is 0 Å². The number of Topliss-reactive ketones (excluding diaryl/α,β-unsaturated/α-hetero) is 1. The number of aryl methyl sites for hydroxylation is 1. The summed E-state index contributed by atoms with van der Waals surface area (Å²) in [6, 6.07) is 1.84. The standard InChI is InChI=1S/C13H22N4O/c1-4-5-6-7-14-12-8-13(15-9-10(2)18)17-11(3)16-12/h8H,4-7,9H2,1-3H3,(H2,14,15,16,17). The monoisotopic (exact) mass is 250 g/mol. The number of nitrogens with zero attached hydrogens (tertiary/aromatic N) is 2. The molecule has 1 rings (SSSR count). The SMILES string of the molecule is CCCCCNc1cc(NCC(C)=O)nc(C)n1. The molecule has 1 aromatic heterocycles. The average molecular weight is 250 g/mol. The van der Waals surface area contributed by atoms with Gasteiger partial charge in [0.2, 0.25) is 0 Å². The van der Waals surface area contributed by atoms with Gasteiger partial charge in [-0.15, -0.1) is 0 Å². The van der Waals surface area contributed by atoms with Crippen molar-refractivity contribution in [3.63, 3.8) is 0 Å². The number of aromatic nitrogens is 2. The van der Waals surface area contributed by atoms with Crippen LogP contribution in [0.5, 0.6) is 0 Å². The fraction of sp³-hybridized carbons (Fsp3) is 0.615. The lowest BCUT2D eigenvalue weighted by Gasteiger charge is -2.09. The first kappa shape index (κ1) is 14.4. The highest BCUT2D eigenvalue weighted by Crippen LogP contribution is 2.11. The Morgan fingerprint density at radius 3 is 2.50 bits per heavy atom. The van der Waals surface area contributed by atoms with Crippen LogP contribution in [0.3, 0.4) is 0 Å². The summed E-state index contributed by atoms with van der Waals surface area (Å²) in [6.45, 7) is 6.78. The molecule has 18 heavy (non-hydrogen) atoms. The second-order valence-electron chi connectivity index (χ2n) is 4.38. The Bertz CT molecular complexity index is 393. The molecule has 0 unspecified atom stereocenters. The predicted octanol–water partition coefficient (Wildman–Crippen LogP) is 2.39. The zero-order valence-electron chi connectivity index (χ0n) is 11.4. The van der Waals surface area contributed by atoms with E-state index in [0.29, 0.717) is 18.2 Å². The minimum Gasteiger partial charge on any atom is -0.370 e. The van der Waals surface area contributed by atoms with Crippen LogP contribution in [0.1, 0.15) is 38.9 Å². The third-order valence-corrected chi connectivity index (χ3v) is 2.44. The van der Waals surface area contributed by atoms with E-state index >= 15 is 0 Å². The molecule has 0 fully saturated rings. The molecule has 0 atom stereocenters. The first-order chi connectivity index (χ1) is 8.61. The minimum atomic E-state index is 0.0868. The Balaban J connectivity index is 2.54. The second-order valence-corrected chi connectivity index (χ2v) is 4.38. The van der Waals surface area contributed by atoms with Crippen molar-refractivity contribution >= 4 is 17.4 Å². The third-order valence-electron chi connectivity index (χ3n) is 2.44. The zero-order chi connectivity index (χ0) is 13.4. The number of carbonyl (C=O) groups excluding carboxylic acids is 1. The maximum absolute atomic E-state index is 10.9. The van der Waals surface area contributed by atoms with E-state index in [1.165, 1.54) is 12.8 Å². The molecule has 0 spiro atoms. The number of hydrogen-bond donors (Lipinski definition) is 2. The molecule has 5 heteroatoms. The van der Waals surface area contributed by atoms with E-state index in [-0.39, 0.29) is 5.78 Å². The minimum absolute atomic E-state index is 0.0868. The molecular formula is C13H22N4O. The van der Waals surface area contributed by atoms with E-state index in [0.717, 1.165) is 18.8 Å². The number of carbonyl (C=O) groups is 1. The summed E-state index contributed by atoms with van der Waals surface area (Å²) < 4.78 is 0. The van der Waals surface area contributed by atoms with Crippen LogP contribution in [-0.2, 0) is 4.79 Å². The molecule has 0 bridgehead atoms. The van der Waals surface area contributed by atoms with Crippen molar-refractivity contribution in [2.24, 2.45) is 0 Å². The number of rotatable bonds is 8. The summed E-state index contributed by atoms with van der Waals surface area (Å²) in [6.07, 6.45) is 3.55. The first-order valence-electron chi connectivity index (χ1n) is 6.44. The van der Waals surface area contributed by atoms with E-state index in [1.54, 1.807) is 6.92 Å². The summed E-state index contributed by atoms with van der Waals surface area (Å²) in [4.78, 5) is 19.5. The summed E-state index contributed by atoms with van der Waals surface area (Å²) in [5, 5.41) is 6.26. The lowest BCUT2D eigenvalue weighted by atomic mass is 10.2. The van der Waals surface area contributed by atoms with Gasteiger partial charge in [0.15, 0.2) is 0 Å². The van der Waals surface area contributed by atoms with Crippen molar-refractivity contribution in [1.29, 1.82) is 0 Å². The molecule has 1 heterocycles. The van der Waals surface area contributed by atoms with E-state index in [1.807, 2.05) is 13.0 Å². The van der Waals surface area contributed by atoms with E-state index in [4.69, 9.17) is 0 Å². The number of anilines is 2. The fourth-order valence-corrected chi connectivity index (χ4v) is 1.56. The molecule has 0 saturated heterocycles. The highest BCUT2D eigenvalue weighted by molar-refractivity contribution is 5.80. The van der Waals surface area contributed by atoms with Crippen LogP contribution in [0.2, 0.25) is 0 Å². The van der Waals surface area contributed by atoms with Crippen molar-refractivity contribution < 1.29 is 4.79 Å². The highest BCUT2D eigenvalue weighted by atomic mass is 16.1. The van der Waals surface area contributed by atoms with Gasteiger partial charge in [-0.05, 0) is 20.3 Å². The molecule has 0 saturated carbocycles. The number of ketones is 1. The highest BCUT2D eigenvalue weighted by Gasteiger charge is 2.02. The van der Waals surface area contributed by atoms with E-state index < -0.39 is 0 Å². The smallest absolute Gasteiger partial charge is 0.148 e. The lowest BCUT2D eigenvalue weighted by molar-refractivity contribution is -0.115. The Labute approximate surface area is 108 Å². The Hall–Kier alpha value is -1.65. The molecule has 5 nitrogen and oxygen atoms in total. The maximum atomic E-state index is 10.9. The van der Waals surface area contributed by atoms with Crippen LogP contribution in [0.4, 0.5) is 11.6 Å².